The first-order valence-corrected chi connectivity index (χ1v) is 11.7. The highest BCUT2D eigenvalue weighted by Crippen LogP contribution is 2.32. The van der Waals surface area contributed by atoms with E-state index in [-0.39, 0.29) is 18.6 Å². The normalized spacial score (nSPS) is 14.7. The van der Waals surface area contributed by atoms with Crippen molar-refractivity contribution in [1.29, 1.82) is 0 Å². The van der Waals surface area contributed by atoms with Crippen molar-refractivity contribution in [2.45, 2.75) is 26.3 Å². The molecule has 1 fully saturated rings. The number of hydrogen-bond donors (Lipinski definition) is 4. The number of hydrogen-bond acceptors (Lipinski definition) is 11. The number of nitrogens with one attached hydrogen (secondary N) is 2. The van der Waals surface area contributed by atoms with Crippen molar-refractivity contribution in [2.75, 3.05) is 61.3 Å². The minimum Gasteiger partial charge on any atom is -0.494 e. The molecule has 0 bridgehead atoms. The van der Waals surface area contributed by atoms with Gasteiger partial charge in [0.1, 0.15) is 17.9 Å². The van der Waals surface area contributed by atoms with Crippen molar-refractivity contribution in [3.63, 3.8) is 0 Å². The Kier molecular flexibility index (Phi) is 7.83. The second-order valence-electron chi connectivity index (χ2n) is 8.73. The van der Waals surface area contributed by atoms with Gasteiger partial charge >= 0.3 is 0 Å². The van der Waals surface area contributed by atoms with E-state index >= 15 is 0 Å². The van der Waals surface area contributed by atoms with E-state index in [0.29, 0.717) is 48.2 Å². The minimum atomic E-state index is -0.115. The second kappa shape index (κ2) is 11.2. The zero-order valence-corrected chi connectivity index (χ0v) is 20.3. The van der Waals surface area contributed by atoms with E-state index < -0.39 is 0 Å². The summed E-state index contributed by atoms with van der Waals surface area (Å²) in [6, 6.07) is 7.53. The number of morpholine rings is 1. The molecule has 188 valence electrons. The summed E-state index contributed by atoms with van der Waals surface area (Å²) in [4.78, 5) is 15.1. The van der Waals surface area contributed by atoms with Crippen molar-refractivity contribution >= 4 is 29.1 Å². The van der Waals surface area contributed by atoms with Gasteiger partial charge in [0.25, 0.3) is 0 Å². The first-order chi connectivity index (χ1) is 17.0. The lowest BCUT2D eigenvalue weighted by Gasteiger charge is -2.29. The smallest absolute Gasteiger partial charge is 0.249 e. The molecule has 2 aromatic heterocycles. The SMILES string of the molecule is COc1cc(N2CCOCC2)ccc1Nc1nc(N)n(-c2cc(NC(CO)CC(C)C)ncn2)n1. The van der Waals surface area contributed by atoms with Crippen molar-refractivity contribution in [3.05, 3.63) is 30.6 Å². The third-order valence-electron chi connectivity index (χ3n) is 5.64. The summed E-state index contributed by atoms with van der Waals surface area (Å²) in [7, 11) is 1.62. The molecular weight excluding hydrogens is 450 g/mol. The summed E-state index contributed by atoms with van der Waals surface area (Å²) in [6.45, 7) is 7.30. The third kappa shape index (κ3) is 6.08. The van der Waals surface area contributed by atoms with Gasteiger partial charge in [0, 0.05) is 30.9 Å². The fraction of sp³-hybridized carbons (Fsp3) is 0.478. The van der Waals surface area contributed by atoms with Crippen LogP contribution in [-0.4, -0.2) is 75.9 Å². The Morgan fingerprint density at radius 3 is 2.71 bits per heavy atom. The molecule has 12 heteroatoms. The molecule has 1 aliphatic heterocycles. The Bertz CT molecular complexity index is 1120. The number of benzene rings is 1. The van der Waals surface area contributed by atoms with E-state index in [2.05, 4.69) is 49.4 Å². The topological polar surface area (TPSA) is 148 Å². The number of rotatable bonds is 10. The molecule has 3 heterocycles. The highest BCUT2D eigenvalue weighted by atomic mass is 16.5. The Morgan fingerprint density at radius 2 is 2.00 bits per heavy atom. The van der Waals surface area contributed by atoms with Crippen LogP contribution in [0.4, 0.5) is 29.1 Å². The highest BCUT2D eigenvalue weighted by Gasteiger charge is 2.17. The van der Waals surface area contributed by atoms with Gasteiger partial charge in [-0.15, -0.1) is 5.10 Å². The molecule has 5 N–H and O–H groups in total. The van der Waals surface area contributed by atoms with Crippen LogP contribution in [0.25, 0.3) is 5.82 Å². The average molecular weight is 484 g/mol. The number of nitrogens with two attached hydrogens (primary N) is 1. The van der Waals surface area contributed by atoms with Crippen LogP contribution < -0.4 is 26.0 Å². The monoisotopic (exact) mass is 483 g/mol. The van der Waals surface area contributed by atoms with Crippen LogP contribution in [0.5, 0.6) is 5.75 Å². The molecule has 4 rings (SSSR count). The van der Waals surface area contributed by atoms with E-state index in [1.807, 2.05) is 18.2 Å². The number of aliphatic hydroxyl groups is 1. The predicted octanol–water partition coefficient (Wildman–Crippen LogP) is 2.05. The summed E-state index contributed by atoms with van der Waals surface area (Å²) >= 11 is 0. The van der Waals surface area contributed by atoms with Crippen LogP contribution in [0.3, 0.4) is 0 Å². The molecule has 3 aromatic rings. The molecule has 0 radical (unpaired) electrons. The highest BCUT2D eigenvalue weighted by molar-refractivity contribution is 5.68. The molecule has 1 saturated heterocycles. The van der Waals surface area contributed by atoms with E-state index in [4.69, 9.17) is 15.2 Å². The van der Waals surface area contributed by atoms with Gasteiger partial charge in [0.05, 0.1) is 38.7 Å². The van der Waals surface area contributed by atoms with Gasteiger partial charge in [0.2, 0.25) is 11.9 Å². The molecule has 0 aliphatic carbocycles. The van der Waals surface area contributed by atoms with Crippen LogP contribution in [0, 0.1) is 5.92 Å². The van der Waals surface area contributed by atoms with Crippen LogP contribution in [0.1, 0.15) is 20.3 Å². The number of ether oxygens (including phenoxy) is 2. The van der Waals surface area contributed by atoms with Gasteiger partial charge in [-0.05, 0) is 24.5 Å². The first-order valence-electron chi connectivity index (χ1n) is 11.7. The zero-order valence-electron chi connectivity index (χ0n) is 20.3. The predicted molar refractivity (Wildman–Crippen MR) is 135 cm³/mol. The summed E-state index contributed by atoms with van der Waals surface area (Å²) in [6.07, 6.45) is 2.23. The fourth-order valence-corrected chi connectivity index (χ4v) is 3.97. The number of nitrogens with zero attached hydrogens (tertiary/aromatic N) is 6. The van der Waals surface area contributed by atoms with Crippen molar-refractivity contribution in [3.8, 4) is 11.6 Å². The Morgan fingerprint density at radius 1 is 1.20 bits per heavy atom. The lowest BCUT2D eigenvalue weighted by molar-refractivity contribution is 0.122. The molecule has 1 atom stereocenters. The molecule has 1 aliphatic rings. The number of methoxy groups -OCH3 is 1. The van der Waals surface area contributed by atoms with Gasteiger partial charge in [-0.25, -0.2) is 9.97 Å². The van der Waals surface area contributed by atoms with Gasteiger partial charge in [-0.2, -0.15) is 9.67 Å². The maximum Gasteiger partial charge on any atom is 0.249 e. The number of aliphatic hydroxyl groups excluding tert-OH is 1. The summed E-state index contributed by atoms with van der Waals surface area (Å²) in [5, 5.41) is 20.6. The van der Waals surface area contributed by atoms with Gasteiger partial charge in [-0.1, -0.05) is 13.8 Å². The lowest BCUT2D eigenvalue weighted by Crippen LogP contribution is -2.36. The van der Waals surface area contributed by atoms with Gasteiger partial charge in [-0.3, -0.25) is 0 Å². The molecule has 0 saturated carbocycles. The summed E-state index contributed by atoms with van der Waals surface area (Å²) in [5.41, 5.74) is 7.92. The molecule has 12 nitrogen and oxygen atoms in total. The maximum absolute atomic E-state index is 9.66. The number of aromatic nitrogens is 5. The molecule has 1 aromatic carbocycles. The van der Waals surface area contributed by atoms with Gasteiger partial charge in [0.15, 0.2) is 5.82 Å². The largest absolute Gasteiger partial charge is 0.494 e. The van der Waals surface area contributed by atoms with Crippen molar-refractivity contribution in [1.82, 2.24) is 24.7 Å². The van der Waals surface area contributed by atoms with Gasteiger partial charge < -0.3 is 35.8 Å². The Balaban J connectivity index is 1.51. The van der Waals surface area contributed by atoms with Crippen molar-refractivity contribution < 1.29 is 14.6 Å². The minimum absolute atomic E-state index is 0.00318. The summed E-state index contributed by atoms with van der Waals surface area (Å²) in [5.74, 6) is 2.59. The van der Waals surface area contributed by atoms with E-state index in [0.717, 1.165) is 25.2 Å². The quantitative estimate of drug-likeness (QED) is 0.336. The third-order valence-corrected chi connectivity index (χ3v) is 5.64. The number of nitrogen functional groups attached to an aromatic ring is 1. The molecule has 0 spiro atoms. The first kappa shape index (κ1) is 24.5. The van der Waals surface area contributed by atoms with E-state index in [9.17, 15) is 5.11 Å². The maximum atomic E-state index is 9.66. The van der Waals surface area contributed by atoms with Crippen LogP contribution in [0.2, 0.25) is 0 Å². The standard InChI is InChI=1S/C23H33N9O3/c1-15(2)10-16(13-33)27-20-12-21(26-14-25-20)32-22(24)29-23(30-32)28-18-5-4-17(11-19(18)34-3)31-6-8-35-9-7-31/h4-5,11-12,14-16,33H,6-10,13H2,1-3H3,(H,25,26,27)(H3,24,28,29,30). The zero-order chi connectivity index (χ0) is 24.8. The molecule has 0 amide bonds. The number of anilines is 5. The van der Waals surface area contributed by atoms with Crippen molar-refractivity contribution in [2.24, 2.45) is 5.92 Å². The average Bonchev–Trinajstić information content (AvgIpc) is 3.24. The summed E-state index contributed by atoms with van der Waals surface area (Å²) < 4.78 is 12.5. The molecular formula is C23H33N9O3. The second-order valence-corrected chi connectivity index (χ2v) is 8.73. The molecule has 1 unspecified atom stereocenters. The Labute approximate surface area is 204 Å². The fourth-order valence-electron chi connectivity index (χ4n) is 3.97. The molecule has 35 heavy (non-hydrogen) atoms. The lowest BCUT2D eigenvalue weighted by atomic mass is 10.0. The van der Waals surface area contributed by atoms with Crippen LogP contribution >= 0.6 is 0 Å². The van der Waals surface area contributed by atoms with E-state index in [1.165, 1.54) is 11.0 Å². The Hall–Kier alpha value is -3.64. The van der Waals surface area contributed by atoms with E-state index in [1.54, 1.807) is 13.2 Å². The van der Waals surface area contributed by atoms with Crippen LogP contribution in [0.15, 0.2) is 30.6 Å². The van der Waals surface area contributed by atoms with Crippen LogP contribution in [-0.2, 0) is 4.74 Å².